The maximum Gasteiger partial charge on any atom is 0.237 e. The van der Waals surface area contributed by atoms with Gasteiger partial charge in [-0.05, 0) is 31.4 Å². The molecule has 0 amide bonds. The van der Waals surface area contributed by atoms with Crippen LogP contribution in [0.1, 0.15) is 39.2 Å². The van der Waals surface area contributed by atoms with E-state index in [1.54, 1.807) is 13.3 Å². The van der Waals surface area contributed by atoms with Crippen LogP contribution in [0.15, 0.2) is 47.1 Å². The summed E-state index contributed by atoms with van der Waals surface area (Å²) in [6.07, 6.45) is 1.78. The van der Waals surface area contributed by atoms with Crippen molar-refractivity contribution < 1.29 is 10.7 Å². The van der Waals surface area contributed by atoms with Crippen LogP contribution < -0.4 is 10.1 Å². The lowest BCUT2D eigenvalue weighted by molar-refractivity contribution is 0.393. The van der Waals surface area contributed by atoms with E-state index in [-0.39, 0.29) is 1.43 Å². The summed E-state index contributed by atoms with van der Waals surface area (Å²) in [6, 6.07) is 12.2. The minimum atomic E-state index is 0. The van der Waals surface area contributed by atoms with Gasteiger partial charge < -0.3 is 14.6 Å². The van der Waals surface area contributed by atoms with Crippen LogP contribution in [0, 0.1) is 19.8 Å². The van der Waals surface area contributed by atoms with Crippen LogP contribution in [0.25, 0.3) is 11.1 Å². The number of hydrogen-bond acceptors (Lipinski definition) is 5. The van der Waals surface area contributed by atoms with Crippen molar-refractivity contribution in [3.05, 3.63) is 59.6 Å². The molecular weight excluding hydrogens is 338 g/mol. The number of nitrogens with zero attached hydrogens (tertiary/aromatic N) is 2. The van der Waals surface area contributed by atoms with E-state index in [0.717, 1.165) is 34.2 Å². The average molecular weight is 370 g/mol. The molecule has 1 N–H and O–H groups in total. The highest BCUT2D eigenvalue weighted by Gasteiger charge is 2.14. The van der Waals surface area contributed by atoms with Crippen LogP contribution in [-0.4, -0.2) is 17.3 Å². The van der Waals surface area contributed by atoms with Crippen molar-refractivity contribution in [1.29, 1.82) is 0 Å². The molecule has 5 nitrogen and oxygen atoms in total. The predicted molar refractivity (Wildman–Crippen MR) is 112 cm³/mol. The Morgan fingerprint density at radius 3 is 2.37 bits per heavy atom. The molecule has 0 aliphatic carbocycles. The maximum absolute atomic E-state index is 5.35. The Kier molecular flexibility index (Phi) is 7.41. The first kappa shape index (κ1) is 20.5. The third-order valence-electron chi connectivity index (χ3n) is 3.69. The molecule has 0 aliphatic rings. The Morgan fingerprint density at radius 2 is 1.81 bits per heavy atom. The summed E-state index contributed by atoms with van der Waals surface area (Å²) in [5.41, 5.74) is 4.81. The zero-order chi connectivity index (χ0) is 19.8. The zero-order valence-corrected chi connectivity index (χ0v) is 17.0. The normalized spacial score (nSPS) is 10.3. The van der Waals surface area contributed by atoms with E-state index in [1.807, 2.05) is 38.1 Å². The van der Waals surface area contributed by atoms with E-state index in [4.69, 9.17) is 9.26 Å². The van der Waals surface area contributed by atoms with Crippen LogP contribution in [-0.2, 0) is 6.54 Å². The molecular formula is C22H31N3O2. The highest BCUT2D eigenvalue weighted by Crippen LogP contribution is 2.32. The van der Waals surface area contributed by atoms with Gasteiger partial charge in [-0.25, -0.2) is 4.98 Å². The first-order valence-electron chi connectivity index (χ1n) is 9.17. The van der Waals surface area contributed by atoms with Crippen LogP contribution in [0.4, 0.5) is 5.69 Å². The van der Waals surface area contributed by atoms with Crippen molar-refractivity contribution in [2.24, 2.45) is 5.92 Å². The lowest BCUT2D eigenvalue weighted by Gasteiger charge is -2.12. The van der Waals surface area contributed by atoms with Crippen molar-refractivity contribution in [2.45, 2.75) is 41.2 Å². The van der Waals surface area contributed by atoms with Gasteiger partial charge in [-0.1, -0.05) is 56.3 Å². The molecule has 2 aromatic heterocycles. The molecule has 0 saturated carbocycles. The van der Waals surface area contributed by atoms with Gasteiger partial charge in [-0.2, -0.15) is 0 Å². The fourth-order valence-electron chi connectivity index (χ4n) is 2.57. The Bertz CT molecular complexity index is 826. The first-order valence-corrected chi connectivity index (χ1v) is 9.17. The van der Waals surface area contributed by atoms with Gasteiger partial charge in [0.25, 0.3) is 0 Å². The number of anilines is 1. The molecule has 2 heterocycles. The van der Waals surface area contributed by atoms with Gasteiger partial charge in [-0.15, -0.1) is 0 Å². The maximum atomic E-state index is 5.35. The first-order chi connectivity index (χ1) is 12.9. The number of aryl methyl sites for hydroxylation is 2. The summed E-state index contributed by atoms with van der Waals surface area (Å²) in [6.45, 7) is 11.0. The quantitative estimate of drug-likeness (QED) is 0.608. The Balaban J connectivity index is 0.000000717. The molecule has 0 spiro atoms. The minimum Gasteiger partial charge on any atom is -0.480 e. The van der Waals surface area contributed by atoms with Crippen LogP contribution in [0.5, 0.6) is 5.88 Å². The molecule has 0 radical (unpaired) electrons. The molecule has 0 atom stereocenters. The van der Waals surface area contributed by atoms with Crippen LogP contribution >= 0.6 is 0 Å². The summed E-state index contributed by atoms with van der Waals surface area (Å²) < 4.78 is 10.6. The van der Waals surface area contributed by atoms with E-state index in [2.05, 4.69) is 48.4 Å². The summed E-state index contributed by atoms with van der Waals surface area (Å²) in [5, 5.41) is 7.39. The molecule has 0 bridgehead atoms. The molecule has 1 aromatic carbocycles. The number of nitrogens with one attached hydrogen (secondary N) is 1. The molecule has 27 heavy (non-hydrogen) atoms. The Morgan fingerprint density at radius 1 is 1.15 bits per heavy atom. The van der Waals surface area contributed by atoms with Crippen molar-refractivity contribution in [3.63, 3.8) is 0 Å². The van der Waals surface area contributed by atoms with Gasteiger partial charge in [-0.3, -0.25) is 0 Å². The number of methoxy groups -OCH3 is 1. The summed E-state index contributed by atoms with van der Waals surface area (Å²) in [7, 11) is 1.62. The number of benzene rings is 1. The third-order valence-corrected chi connectivity index (χ3v) is 3.69. The van der Waals surface area contributed by atoms with Gasteiger partial charge in [0.2, 0.25) is 5.88 Å². The molecule has 0 unspecified atom stereocenters. The second-order valence-electron chi connectivity index (χ2n) is 7.05. The largest absolute Gasteiger partial charge is 0.480 e. The monoisotopic (exact) mass is 369 g/mol. The van der Waals surface area contributed by atoms with E-state index in [1.165, 1.54) is 5.56 Å². The molecule has 3 rings (SSSR count). The van der Waals surface area contributed by atoms with Crippen molar-refractivity contribution in [3.8, 4) is 17.0 Å². The molecule has 5 heteroatoms. The van der Waals surface area contributed by atoms with Crippen molar-refractivity contribution in [2.75, 3.05) is 12.4 Å². The fourth-order valence-corrected chi connectivity index (χ4v) is 2.57. The topological polar surface area (TPSA) is 60.2 Å². The second-order valence-corrected chi connectivity index (χ2v) is 7.05. The van der Waals surface area contributed by atoms with Gasteiger partial charge >= 0.3 is 0 Å². The van der Waals surface area contributed by atoms with Gasteiger partial charge in [0, 0.05) is 25.3 Å². The number of ether oxygens (including phenoxy) is 1. The highest BCUT2D eigenvalue weighted by atomic mass is 16.5. The van der Waals surface area contributed by atoms with Gasteiger partial charge in [0.05, 0.1) is 18.5 Å². The van der Waals surface area contributed by atoms with Gasteiger partial charge in [0.15, 0.2) is 0 Å². The third kappa shape index (κ3) is 5.84. The lowest BCUT2D eigenvalue weighted by Crippen LogP contribution is -2.03. The highest BCUT2D eigenvalue weighted by molar-refractivity contribution is 5.72. The van der Waals surface area contributed by atoms with Crippen molar-refractivity contribution in [1.82, 2.24) is 10.1 Å². The van der Waals surface area contributed by atoms with E-state index >= 15 is 0 Å². The lowest BCUT2D eigenvalue weighted by atomic mass is 10.1. The molecule has 0 aliphatic heterocycles. The van der Waals surface area contributed by atoms with Crippen molar-refractivity contribution >= 4 is 5.69 Å². The molecule has 0 fully saturated rings. The number of pyridine rings is 1. The SMILES string of the molecule is CC(C)C.COc1ncc(-c2c(C)noc2C)cc1NCc1ccccc1.[HH]. The summed E-state index contributed by atoms with van der Waals surface area (Å²) in [4.78, 5) is 4.39. The van der Waals surface area contributed by atoms with Gasteiger partial charge in [0.1, 0.15) is 5.76 Å². The standard InChI is InChI=1S/C18H19N3O2.C4H10.H2/c1-12-17(13(2)23-21-12)15-9-16(18(22-3)20-11-15)19-10-14-7-5-4-6-8-14;1-4(2)3;/h4-9,11,19H,10H2,1-3H3;4H,1-3H3;1H. The summed E-state index contributed by atoms with van der Waals surface area (Å²) >= 11 is 0. The van der Waals surface area contributed by atoms with E-state index in [9.17, 15) is 0 Å². The zero-order valence-electron chi connectivity index (χ0n) is 17.0. The van der Waals surface area contributed by atoms with Crippen LogP contribution in [0.2, 0.25) is 0 Å². The Hall–Kier alpha value is -2.82. The number of hydrogen-bond donors (Lipinski definition) is 1. The minimum absolute atomic E-state index is 0. The molecule has 3 aromatic rings. The second kappa shape index (κ2) is 9.76. The Labute approximate surface area is 163 Å². The summed E-state index contributed by atoms with van der Waals surface area (Å²) in [5.74, 6) is 2.18. The molecule has 146 valence electrons. The number of rotatable bonds is 5. The average Bonchev–Trinajstić information content (AvgIpc) is 2.98. The fraction of sp³-hybridized carbons (Fsp3) is 0.364. The van der Waals surface area contributed by atoms with E-state index < -0.39 is 0 Å². The van der Waals surface area contributed by atoms with E-state index in [0.29, 0.717) is 12.4 Å². The number of aromatic nitrogens is 2. The van der Waals surface area contributed by atoms with Crippen LogP contribution in [0.3, 0.4) is 0 Å². The smallest absolute Gasteiger partial charge is 0.237 e. The molecule has 0 saturated heterocycles. The predicted octanol–water partition coefficient (Wildman–Crippen LogP) is 5.88.